The fourth-order valence-corrected chi connectivity index (χ4v) is 3.74. The second-order valence-electron chi connectivity index (χ2n) is 6.41. The fourth-order valence-electron chi connectivity index (χ4n) is 3.01. The van der Waals surface area contributed by atoms with Crippen molar-refractivity contribution in [1.82, 2.24) is 14.8 Å². The van der Waals surface area contributed by atoms with E-state index in [0.717, 1.165) is 52.0 Å². The van der Waals surface area contributed by atoms with Crippen molar-refractivity contribution in [1.29, 1.82) is 0 Å². The summed E-state index contributed by atoms with van der Waals surface area (Å²) in [7, 11) is 0. The highest BCUT2D eigenvalue weighted by atomic mass is 32.1. The lowest BCUT2D eigenvalue weighted by molar-refractivity contribution is -0.133. The Morgan fingerprint density at radius 1 is 1.13 bits per heavy atom. The summed E-state index contributed by atoms with van der Waals surface area (Å²) in [5.41, 5.74) is 1.18. The molecule has 1 saturated heterocycles. The van der Waals surface area contributed by atoms with Crippen molar-refractivity contribution in [3.05, 3.63) is 16.1 Å². The van der Waals surface area contributed by atoms with Crippen LogP contribution in [0.25, 0.3) is 0 Å². The zero-order chi connectivity index (χ0) is 16.5. The highest BCUT2D eigenvalue weighted by Gasteiger charge is 2.21. The molecule has 2 heterocycles. The monoisotopic (exact) mass is 337 g/mol. The standard InChI is InChI=1S/C18H31N3OS/c1-3-5-6-7-8-9-18(22)21-12-10-20(11-13-21)14-16-15-23-17(4-2)19-16/h15H,3-14H2,1-2H3. The van der Waals surface area contributed by atoms with E-state index in [1.807, 2.05) is 0 Å². The molecule has 0 aromatic carbocycles. The maximum atomic E-state index is 12.2. The van der Waals surface area contributed by atoms with Gasteiger partial charge in [-0.15, -0.1) is 11.3 Å². The minimum absolute atomic E-state index is 0.350. The normalized spacial score (nSPS) is 16.0. The average molecular weight is 338 g/mol. The molecule has 1 aliphatic rings. The van der Waals surface area contributed by atoms with Crippen LogP contribution >= 0.6 is 11.3 Å². The van der Waals surface area contributed by atoms with Crippen molar-refractivity contribution in [2.45, 2.75) is 65.3 Å². The van der Waals surface area contributed by atoms with E-state index in [1.165, 1.54) is 36.4 Å². The molecule has 0 N–H and O–H groups in total. The summed E-state index contributed by atoms with van der Waals surface area (Å²) in [5.74, 6) is 0.350. The van der Waals surface area contributed by atoms with Crippen molar-refractivity contribution in [3.8, 4) is 0 Å². The Morgan fingerprint density at radius 3 is 2.52 bits per heavy atom. The van der Waals surface area contributed by atoms with Crippen LogP contribution < -0.4 is 0 Å². The Balaban J connectivity index is 1.64. The number of unbranched alkanes of at least 4 members (excludes halogenated alkanes) is 4. The van der Waals surface area contributed by atoms with Gasteiger partial charge in [0.05, 0.1) is 10.7 Å². The Labute approximate surface area is 144 Å². The van der Waals surface area contributed by atoms with Crippen LogP contribution in [-0.2, 0) is 17.8 Å². The largest absolute Gasteiger partial charge is 0.340 e. The molecule has 0 unspecified atom stereocenters. The first-order valence-corrected chi connectivity index (χ1v) is 10.0. The highest BCUT2D eigenvalue weighted by Crippen LogP contribution is 2.14. The first-order valence-electron chi connectivity index (χ1n) is 9.16. The lowest BCUT2D eigenvalue weighted by Crippen LogP contribution is -2.48. The van der Waals surface area contributed by atoms with Gasteiger partial charge in [0.1, 0.15) is 0 Å². The smallest absolute Gasteiger partial charge is 0.222 e. The Morgan fingerprint density at radius 2 is 1.87 bits per heavy atom. The summed E-state index contributed by atoms with van der Waals surface area (Å²) in [6.07, 6.45) is 7.82. The molecule has 0 spiro atoms. The minimum Gasteiger partial charge on any atom is -0.340 e. The summed E-state index contributed by atoms with van der Waals surface area (Å²) in [4.78, 5) is 21.3. The summed E-state index contributed by atoms with van der Waals surface area (Å²) in [5, 5.41) is 3.39. The molecular weight excluding hydrogens is 306 g/mol. The number of amides is 1. The summed E-state index contributed by atoms with van der Waals surface area (Å²) < 4.78 is 0. The van der Waals surface area contributed by atoms with E-state index in [4.69, 9.17) is 0 Å². The molecule has 0 radical (unpaired) electrons. The number of hydrogen-bond acceptors (Lipinski definition) is 4. The van der Waals surface area contributed by atoms with Gasteiger partial charge < -0.3 is 4.90 Å². The minimum atomic E-state index is 0.350. The predicted octanol–water partition coefficient (Wildman–Crippen LogP) is 3.71. The second kappa shape index (κ2) is 10.0. The molecule has 1 aromatic heterocycles. The second-order valence-corrected chi connectivity index (χ2v) is 7.35. The number of thiazole rings is 1. The Hall–Kier alpha value is -0.940. The van der Waals surface area contributed by atoms with Gasteiger partial charge in [-0.05, 0) is 12.8 Å². The zero-order valence-corrected chi connectivity index (χ0v) is 15.5. The molecule has 0 aliphatic carbocycles. The van der Waals surface area contributed by atoms with Crippen LogP contribution in [0.4, 0.5) is 0 Å². The molecule has 2 rings (SSSR count). The summed E-state index contributed by atoms with van der Waals surface area (Å²) in [6.45, 7) is 8.99. The SMILES string of the molecule is CCCCCCCC(=O)N1CCN(Cc2csc(CC)n2)CC1. The fraction of sp³-hybridized carbons (Fsp3) is 0.778. The van der Waals surface area contributed by atoms with E-state index in [2.05, 4.69) is 34.0 Å². The summed E-state index contributed by atoms with van der Waals surface area (Å²) in [6, 6.07) is 0. The van der Waals surface area contributed by atoms with Crippen molar-refractivity contribution >= 4 is 17.2 Å². The third-order valence-electron chi connectivity index (χ3n) is 4.51. The van der Waals surface area contributed by atoms with Gasteiger partial charge in [0.2, 0.25) is 5.91 Å². The van der Waals surface area contributed by atoms with Crippen molar-refractivity contribution in [2.75, 3.05) is 26.2 Å². The van der Waals surface area contributed by atoms with E-state index in [1.54, 1.807) is 11.3 Å². The first kappa shape index (κ1) is 18.4. The van der Waals surface area contributed by atoms with Gasteiger partial charge in [0.25, 0.3) is 0 Å². The molecule has 1 aliphatic heterocycles. The number of rotatable bonds is 9. The van der Waals surface area contributed by atoms with E-state index in [0.29, 0.717) is 5.91 Å². The van der Waals surface area contributed by atoms with Gasteiger partial charge in [-0.2, -0.15) is 0 Å². The van der Waals surface area contributed by atoms with Crippen LogP contribution in [0.15, 0.2) is 5.38 Å². The number of carbonyl (C=O) groups excluding carboxylic acids is 1. The van der Waals surface area contributed by atoms with Crippen LogP contribution in [-0.4, -0.2) is 46.9 Å². The van der Waals surface area contributed by atoms with Crippen molar-refractivity contribution in [2.24, 2.45) is 0 Å². The number of aromatic nitrogens is 1. The molecule has 0 atom stereocenters. The lowest BCUT2D eigenvalue weighted by Gasteiger charge is -2.34. The Kier molecular flexibility index (Phi) is 8.03. The zero-order valence-electron chi connectivity index (χ0n) is 14.7. The average Bonchev–Trinajstić information content (AvgIpc) is 3.03. The van der Waals surface area contributed by atoms with Gasteiger partial charge in [-0.25, -0.2) is 4.98 Å². The van der Waals surface area contributed by atoms with Gasteiger partial charge in [0, 0.05) is 44.5 Å². The van der Waals surface area contributed by atoms with Gasteiger partial charge >= 0.3 is 0 Å². The number of aryl methyl sites for hydroxylation is 1. The van der Waals surface area contributed by atoms with Crippen LogP contribution in [0.3, 0.4) is 0 Å². The highest BCUT2D eigenvalue weighted by molar-refractivity contribution is 7.09. The third-order valence-corrected chi connectivity index (χ3v) is 5.55. The van der Waals surface area contributed by atoms with Gasteiger partial charge in [-0.3, -0.25) is 9.69 Å². The van der Waals surface area contributed by atoms with E-state index < -0.39 is 0 Å². The van der Waals surface area contributed by atoms with E-state index in [9.17, 15) is 4.79 Å². The summed E-state index contributed by atoms with van der Waals surface area (Å²) >= 11 is 1.76. The number of nitrogens with zero attached hydrogens (tertiary/aromatic N) is 3. The topological polar surface area (TPSA) is 36.4 Å². The molecular formula is C18H31N3OS. The maximum absolute atomic E-state index is 12.2. The van der Waals surface area contributed by atoms with Crippen LogP contribution in [0.2, 0.25) is 0 Å². The third kappa shape index (κ3) is 6.22. The first-order chi connectivity index (χ1) is 11.2. The van der Waals surface area contributed by atoms with E-state index in [-0.39, 0.29) is 0 Å². The van der Waals surface area contributed by atoms with Gasteiger partial charge in [-0.1, -0.05) is 39.5 Å². The molecule has 4 nitrogen and oxygen atoms in total. The maximum Gasteiger partial charge on any atom is 0.222 e. The number of carbonyl (C=O) groups is 1. The molecule has 0 saturated carbocycles. The molecule has 23 heavy (non-hydrogen) atoms. The molecule has 5 heteroatoms. The van der Waals surface area contributed by atoms with E-state index >= 15 is 0 Å². The van der Waals surface area contributed by atoms with Crippen LogP contribution in [0.5, 0.6) is 0 Å². The van der Waals surface area contributed by atoms with Crippen LogP contribution in [0.1, 0.15) is 63.1 Å². The van der Waals surface area contributed by atoms with Crippen LogP contribution in [0, 0.1) is 0 Å². The lowest BCUT2D eigenvalue weighted by atomic mass is 10.1. The molecule has 130 valence electrons. The molecule has 1 fully saturated rings. The van der Waals surface area contributed by atoms with Crippen molar-refractivity contribution in [3.63, 3.8) is 0 Å². The number of hydrogen-bond donors (Lipinski definition) is 0. The van der Waals surface area contributed by atoms with Crippen molar-refractivity contribution < 1.29 is 4.79 Å². The quantitative estimate of drug-likeness (QED) is 0.645. The molecule has 1 aromatic rings. The predicted molar refractivity (Wildman–Crippen MR) is 96.7 cm³/mol. The molecule has 1 amide bonds. The van der Waals surface area contributed by atoms with Gasteiger partial charge in [0.15, 0.2) is 0 Å². The Bertz CT molecular complexity index is 467. The molecule has 0 bridgehead atoms. The number of piperazine rings is 1.